The van der Waals surface area contributed by atoms with Crippen LogP contribution in [-0.2, 0) is 6.54 Å². The van der Waals surface area contributed by atoms with Gasteiger partial charge in [0.25, 0.3) is 5.91 Å². The summed E-state index contributed by atoms with van der Waals surface area (Å²) in [5, 5.41) is 18.0. The second-order valence-corrected chi connectivity index (χ2v) is 7.22. The molecule has 3 rings (SSSR count). The average Bonchev–Trinajstić information content (AvgIpc) is 3.27. The first-order valence-electron chi connectivity index (χ1n) is 8.31. The number of nitrogens with one attached hydrogen (secondary N) is 1. The number of hydrogen-bond acceptors (Lipinski definition) is 6. The molecule has 8 heteroatoms. The zero-order valence-electron chi connectivity index (χ0n) is 14.1. The van der Waals surface area contributed by atoms with Gasteiger partial charge in [-0.05, 0) is 23.9 Å². The molecule has 2 N–H and O–H groups in total. The molecule has 0 aromatic carbocycles. The maximum absolute atomic E-state index is 12.7. The molecule has 1 saturated heterocycles. The van der Waals surface area contributed by atoms with Gasteiger partial charge >= 0.3 is 0 Å². The molecule has 1 aliphatic heterocycles. The maximum Gasteiger partial charge on any atom is 0.271 e. The van der Waals surface area contributed by atoms with Crippen LogP contribution in [0.5, 0.6) is 0 Å². The fraction of sp³-hybridized carbons (Fsp3) is 0.471. The van der Waals surface area contributed by atoms with Crippen molar-refractivity contribution in [1.29, 1.82) is 0 Å². The van der Waals surface area contributed by atoms with E-state index in [-0.39, 0.29) is 30.0 Å². The number of amides is 1. The largest absolute Gasteiger partial charge is 0.396 e. The van der Waals surface area contributed by atoms with E-state index in [4.69, 9.17) is 0 Å². The number of nitrogens with zero attached hydrogens (tertiary/aromatic N) is 3. The number of carbonyl (C=O) groups excluding carboxylic acids is 2. The van der Waals surface area contributed by atoms with Crippen LogP contribution in [0.25, 0.3) is 0 Å². The Morgan fingerprint density at radius 1 is 1.44 bits per heavy atom. The van der Waals surface area contributed by atoms with Crippen molar-refractivity contribution in [3.05, 3.63) is 39.8 Å². The normalized spacial score (nSPS) is 18.5. The van der Waals surface area contributed by atoms with Crippen molar-refractivity contribution in [3.8, 4) is 0 Å². The van der Waals surface area contributed by atoms with Crippen LogP contribution in [0.2, 0.25) is 0 Å². The van der Waals surface area contributed by atoms with Crippen LogP contribution in [0.1, 0.15) is 39.2 Å². The van der Waals surface area contributed by atoms with Gasteiger partial charge in [-0.15, -0.1) is 11.3 Å². The fourth-order valence-corrected chi connectivity index (χ4v) is 3.82. The first-order valence-corrected chi connectivity index (χ1v) is 9.19. The quantitative estimate of drug-likeness (QED) is 0.758. The van der Waals surface area contributed by atoms with E-state index in [1.165, 1.54) is 17.9 Å². The molecule has 1 aliphatic rings. The van der Waals surface area contributed by atoms with E-state index < -0.39 is 0 Å². The summed E-state index contributed by atoms with van der Waals surface area (Å²) < 4.78 is 0. The predicted octanol–water partition coefficient (Wildman–Crippen LogP) is 1.38. The highest BCUT2D eigenvalue weighted by molar-refractivity contribution is 7.09. The van der Waals surface area contributed by atoms with Gasteiger partial charge < -0.3 is 10.0 Å². The molecule has 134 valence electrons. The van der Waals surface area contributed by atoms with Gasteiger partial charge in [-0.25, -0.2) is 0 Å². The van der Waals surface area contributed by atoms with Crippen LogP contribution in [0, 0.1) is 0 Å². The summed E-state index contributed by atoms with van der Waals surface area (Å²) in [7, 11) is 0. The lowest BCUT2D eigenvalue weighted by molar-refractivity contribution is 0.0394. The number of aromatic amines is 1. The van der Waals surface area contributed by atoms with Crippen molar-refractivity contribution in [2.45, 2.75) is 25.9 Å². The monoisotopic (exact) mass is 362 g/mol. The molecule has 7 nitrogen and oxygen atoms in total. The van der Waals surface area contributed by atoms with Crippen LogP contribution in [0.15, 0.2) is 23.6 Å². The van der Waals surface area contributed by atoms with Crippen molar-refractivity contribution in [3.63, 3.8) is 0 Å². The minimum Gasteiger partial charge on any atom is -0.396 e. The summed E-state index contributed by atoms with van der Waals surface area (Å²) in [6, 6.07) is 5.75. The molecule has 0 radical (unpaired) electrons. The Labute approximate surface area is 150 Å². The Balaban J connectivity index is 1.67. The van der Waals surface area contributed by atoms with Crippen LogP contribution >= 0.6 is 11.3 Å². The van der Waals surface area contributed by atoms with Crippen molar-refractivity contribution < 1.29 is 14.7 Å². The molecule has 1 fully saturated rings. The Hall–Kier alpha value is -2.03. The van der Waals surface area contributed by atoms with Gasteiger partial charge in [-0.1, -0.05) is 6.07 Å². The highest BCUT2D eigenvalue weighted by Crippen LogP contribution is 2.20. The highest BCUT2D eigenvalue weighted by atomic mass is 32.1. The number of hydrogen-bond donors (Lipinski definition) is 2. The van der Waals surface area contributed by atoms with E-state index in [2.05, 4.69) is 26.5 Å². The Morgan fingerprint density at radius 3 is 2.92 bits per heavy atom. The number of aliphatic hydroxyl groups excluding tert-OH is 1. The van der Waals surface area contributed by atoms with Crippen molar-refractivity contribution in [2.75, 3.05) is 26.2 Å². The fourth-order valence-electron chi connectivity index (χ4n) is 3.09. The van der Waals surface area contributed by atoms with E-state index in [0.717, 1.165) is 13.1 Å². The van der Waals surface area contributed by atoms with Crippen molar-refractivity contribution in [1.82, 2.24) is 20.0 Å². The van der Waals surface area contributed by atoms with Crippen LogP contribution in [-0.4, -0.2) is 69.1 Å². The number of aliphatic hydroxyl groups is 1. The van der Waals surface area contributed by atoms with Gasteiger partial charge in [0.15, 0.2) is 5.78 Å². The van der Waals surface area contributed by atoms with E-state index in [1.807, 2.05) is 6.07 Å². The lowest BCUT2D eigenvalue weighted by Gasteiger charge is -2.41. The summed E-state index contributed by atoms with van der Waals surface area (Å²) in [6.45, 7) is 4.27. The van der Waals surface area contributed by atoms with Gasteiger partial charge in [0.1, 0.15) is 11.4 Å². The van der Waals surface area contributed by atoms with Gasteiger partial charge in [0.2, 0.25) is 0 Å². The minimum absolute atomic E-state index is 0.0895. The lowest BCUT2D eigenvalue weighted by Crippen LogP contribution is -2.54. The molecule has 0 aliphatic carbocycles. The third-order valence-corrected chi connectivity index (χ3v) is 5.32. The predicted molar refractivity (Wildman–Crippen MR) is 94.7 cm³/mol. The molecule has 1 atom stereocenters. The second kappa shape index (κ2) is 7.90. The van der Waals surface area contributed by atoms with Crippen molar-refractivity contribution >= 4 is 23.0 Å². The summed E-state index contributed by atoms with van der Waals surface area (Å²) in [6.07, 6.45) is 0.622. The Bertz CT molecular complexity index is 728. The van der Waals surface area contributed by atoms with E-state index in [9.17, 15) is 14.7 Å². The number of rotatable bonds is 6. The molecule has 1 amide bonds. The molecule has 2 aromatic heterocycles. The summed E-state index contributed by atoms with van der Waals surface area (Å²) in [5.41, 5.74) is 0.603. The number of H-pyrrole nitrogens is 1. The summed E-state index contributed by atoms with van der Waals surface area (Å²) >= 11 is 1.72. The Kier molecular flexibility index (Phi) is 5.62. The van der Waals surface area contributed by atoms with E-state index in [0.29, 0.717) is 25.2 Å². The third kappa shape index (κ3) is 4.15. The standard InChI is InChI=1S/C17H22N4O3S/c1-12(23)15-9-16(19-18-15)17(24)21-6-5-20(13(10-21)4-7-22)11-14-3-2-8-25-14/h2-3,8-9,13,22H,4-7,10-11H2,1H3,(H,18,19)/t13-/m0/s1. The number of aromatic nitrogens is 2. The minimum atomic E-state index is -0.172. The number of thiophene rings is 1. The Morgan fingerprint density at radius 2 is 2.28 bits per heavy atom. The van der Waals surface area contributed by atoms with Crippen molar-refractivity contribution in [2.24, 2.45) is 0 Å². The number of piperazine rings is 1. The molecule has 0 bridgehead atoms. The maximum atomic E-state index is 12.7. The zero-order chi connectivity index (χ0) is 17.8. The number of ketones is 1. The van der Waals surface area contributed by atoms with Gasteiger partial charge in [0, 0.05) is 50.6 Å². The topological polar surface area (TPSA) is 89.5 Å². The third-order valence-electron chi connectivity index (χ3n) is 4.46. The first kappa shape index (κ1) is 17.8. The molecule has 0 spiro atoms. The summed E-state index contributed by atoms with van der Waals surface area (Å²) in [5.74, 6) is -0.326. The van der Waals surface area contributed by atoms with E-state index in [1.54, 1.807) is 16.2 Å². The zero-order valence-corrected chi connectivity index (χ0v) is 15.0. The molecule has 0 saturated carbocycles. The molecule has 3 heterocycles. The molecular weight excluding hydrogens is 340 g/mol. The van der Waals surface area contributed by atoms with Gasteiger partial charge in [0.05, 0.1) is 0 Å². The molecule has 25 heavy (non-hydrogen) atoms. The molecule has 2 aromatic rings. The molecular formula is C17H22N4O3S. The number of Topliss-reactive ketones (excluding diaryl/α,β-unsaturated/α-hetero) is 1. The van der Waals surface area contributed by atoms with E-state index >= 15 is 0 Å². The van der Waals surface area contributed by atoms with Gasteiger partial charge in [-0.2, -0.15) is 5.10 Å². The highest BCUT2D eigenvalue weighted by Gasteiger charge is 2.30. The lowest BCUT2D eigenvalue weighted by atomic mass is 10.1. The first-order chi connectivity index (χ1) is 12.1. The molecule has 0 unspecified atom stereocenters. The second-order valence-electron chi connectivity index (χ2n) is 6.19. The number of carbonyl (C=O) groups is 2. The van der Waals surface area contributed by atoms with Gasteiger partial charge in [-0.3, -0.25) is 19.6 Å². The summed E-state index contributed by atoms with van der Waals surface area (Å²) in [4.78, 5) is 29.4. The van der Waals surface area contributed by atoms with Crippen LogP contribution in [0.4, 0.5) is 0 Å². The average molecular weight is 362 g/mol. The van der Waals surface area contributed by atoms with Crippen LogP contribution < -0.4 is 0 Å². The SMILES string of the molecule is CC(=O)c1cc(C(=O)N2CCN(Cc3cccs3)[C@@H](CCO)C2)[nH]n1. The smallest absolute Gasteiger partial charge is 0.271 e. The van der Waals surface area contributed by atoms with Crippen LogP contribution in [0.3, 0.4) is 0 Å².